The maximum absolute atomic E-state index is 13.5. The number of anilines is 1. The second-order valence-corrected chi connectivity index (χ2v) is 8.78. The molecule has 1 aliphatic rings. The van der Waals surface area contributed by atoms with Crippen molar-refractivity contribution < 1.29 is 9.53 Å². The Bertz CT molecular complexity index is 1120. The van der Waals surface area contributed by atoms with Gasteiger partial charge in [-0.05, 0) is 56.9 Å². The molecule has 3 aromatic rings. The number of hydrogen-bond donors (Lipinski definition) is 0. The number of likely N-dealkylation sites (tertiary alicyclic amines) is 1. The van der Waals surface area contributed by atoms with Crippen molar-refractivity contribution in [2.24, 2.45) is 0 Å². The molecule has 0 radical (unpaired) electrons. The van der Waals surface area contributed by atoms with Crippen LogP contribution in [0, 0.1) is 13.8 Å². The van der Waals surface area contributed by atoms with Crippen molar-refractivity contribution in [2.75, 3.05) is 32.6 Å². The van der Waals surface area contributed by atoms with E-state index in [1.165, 1.54) is 0 Å². The molecule has 1 amide bonds. The molecule has 174 valence electrons. The highest BCUT2D eigenvalue weighted by atomic mass is 16.5. The van der Waals surface area contributed by atoms with Gasteiger partial charge < -0.3 is 14.5 Å². The average molecular weight is 449 g/mol. The molecule has 0 bridgehead atoms. The van der Waals surface area contributed by atoms with Crippen LogP contribution in [0.3, 0.4) is 0 Å². The van der Waals surface area contributed by atoms with Crippen molar-refractivity contribution in [3.05, 3.63) is 53.6 Å². The van der Waals surface area contributed by atoms with E-state index in [1.54, 1.807) is 11.8 Å². The minimum Gasteiger partial charge on any atom is -0.497 e. The number of carbonyl (C=O) groups is 1. The third-order valence-corrected chi connectivity index (χ3v) is 6.13. The summed E-state index contributed by atoms with van der Waals surface area (Å²) in [5.74, 6) is 1.50. The molecule has 1 aliphatic heterocycles. The molecule has 0 N–H and O–H groups in total. The molecule has 8 nitrogen and oxygen atoms in total. The molecule has 0 aliphatic carbocycles. The standard InChI is InChI=1S/C25H32N6O2/c1-17-14-18(2)31(28-17)16-23(32)30-13-7-6-8-22(30)24-21(15-26-25(27-24)29(3)4)19-9-11-20(33-5)12-10-19/h9-12,14-15,22H,6-8,13,16H2,1-5H3/t22-/m0/s1. The number of aryl methyl sites for hydroxylation is 2. The molecule has 0 unspecified atom stereocenters. The van der Waals surface area contributed by atoms with E-state index in [-0.39, 0.29) is 18.5 Å². The van der Waals surface area contributed by atoms with Gasteiger partial charge in [-0.3, -0.25) is 9.48 Å². The van der Waals surface area contributed by atoms with Crippen LogP contribution in [0.25, 0.3) is 11.1 Å². The molecule has 1 aromatic carbocycles. The Kier molecular flexibility index (Phi) is 6.62. The average Bonchev–Trinajstić information content (AvgIpc) is 3.14. The molecule has 2 aromatic heterocycles. The van der Waals surface area contributed by atoms with Gasteiger partial charge in [-0.1, -0.05) is 12.1 Å². The lowest BCUT2D eigenvalue weighted by Crippen LogP contribution is -2.41. The third kappa shape index (κ3) is 4.84. The van der Waals surface area contributed by atoms with Gasteiger partial charge >= 0.3 is 0 Å². The molecule has 1 fully saturated rings. The summed E-state index contributed by atoms with van der Waals surface area (Å²) in [6.07, 6.45) is 4.79. The molecule has 0 spiro atoms. The summed E-state index contributed by atoms with van der Waals surface area (Å²) in [5.41, 5.74) is 4.75. The van der Waals surface area contributed by atoms with E-state index in [9.17, 15) is 4.79 Å². The summed E-state index contributed by atoms with van der Waals surface area (Å²) >= 11 is 0. The molecule has 1 atom stereocenters. The topological polar surface area (TPSA) is 76.4 Å². The largest absolute Gasteiger partial charge is 0.497 e. The summed E-state index contributed by atoms with van der Waals surface area (Å²) < 4.78 is 7.11. The van der Waals surface area contributed by atoms with Crippen molar-refractivity contribution in [1.29, 1.82) is 0 Å². The van der Waals surface area contributed by atoms with E-state index in [1.807, 2.05) is 74.3 Å². The zero-order chi connectivity index (χ0) is 23.5. The number of amides is 1. The Morgan fingerprint density at radius 2 is 1.94 bits per heavy atom. The predicted molar refractivity (Wildman–Crippen MR) is 128 cm³/mol. The first kappa shape index (κ1) is 22.8. The van der Waals surface area contributed by atoms with E-state index < -0.39 is 0 Å². The normalized spacial score (nSPS) is 16.0. The monoisotopic (exact) mass is 448 g/mol. The molecule has 0 saturated carbocycles. The Morgan fingerprint density at radius 1 is 1.18 bits per heavy atom. The van der Waals surface area contributed by atoms with Crippen LogP contribution in [0.1, 0.15) is 42.4 Å². The van der Waals surface area contributed by atoms with Gasteiger partial charge in [-0.2, -0.15) is 5.10 Å². The van der Waals surface area contributed by atoms with Gasteiger partial charge in [0.05, 0.1) is 24.5 Å². The second-order valence-electron chi connectivity index (χ2n) is 8.78. The van der Waals surface area contributed by atoms with Gasteiger partial charge in [-0.15, -0.1) is 0 Å². The zero-order valence-corrected chi connectivity index (χ0v) is 20.1. The number of hydrogen-bond acceptors (Lipinski definition) is 6. The molecule has 3 heterocycles. The lowest BCUT2D eigenvalue weighted by atomic mass is 9.93. The van der Waals surface area contributed by atoms with Gasteiger partial charge in [-0.25, -0.2) is 9.97 Å². The van der Waals surface area contributed by atoms with Crippen molar-refractivity contribution >= 4 is 11.9 Å². The van der Waals surface area contributed by atoms with Crippen LogP contribution in [-0.4, -0.2) is 58.3 Å². The number of carbonyl (C=O) groups excluding carboxylic acids is 1. The van der Waals surface area contributed by atoms with E-state index in [0.29, 0.717) is 12.5 Å². The number of aromatic nitrogens is 4. The van der Waals surface area contributed by atoms with E-state index in [0.717, 1.165) is 53.2 Å². The van der Waals surface area contributed by atoms with Crippen molar-refractivity contribution in [1.82, 2.24) is 24.6 Å². The Hall–Kier alpha value is -3.42. The molecule has 1 saturated heterocycles. The van der Waals surface area contributed by atoms with Crippen molar-refractivity contribution in [3.8, 4) is 16.9 Å². The van der Waals surface area contributed by atoms with Gasteiger partial charge in [0.25, 0.3) is 0 Å². The van der Waals surface area contributed by atoms with Gasteiger partial charge in [0.1, 0.15) is 12.3 Å². The van der Waals surface area contributed by atoms with Crippen molar-refractivity contribution in [2.45, 2.75) is 45.7 Å². The van der Waals surface area contributed by atoms with Crippen molar-refractivity contribution in [3.63, 3.8) is 0 Å². The first-order valence-corrected chi connectivity index (χ1v) is 11.4. The second kappa shape index (κ2) is 9.60. The highest BCUT2D eigenvalue weighted by Gasteiger charge is 2.32. The van der Waals surface area contributed by atoms with Gasteiger partial charge in [0.2, 0.25) is 11.9 Å². The first-order valence-electron chi connectivity index (χ1n) is 11.4. The summed E-state index contributed by atoms with van der Waals surface area (Å²) in [6, 6.07) is 9.79. The highest BCUT2D eigenvalue weighted by Crippen LogP contribution is 2.37. The fraction of sp³-hybridized carbons (Fsp3) is 0.440. The summed E-state index contributed by atoms with van der Waals surface area (Å²) in [5, 5.41) is 4.49. The van der Waals surface area contributed by atoms with Gasteiger partial charge in [0, 0.05) is 38.1 Å². The number of ether oxygens (including phenoxy) is 1. The maximum Gasteiger partial charge on any atom is 0.244 e. The minimum absolute atomic E-state index is 0.0663. The lowest BCUT2D eigenvalue weighted by molar-refractivity contribution is -0.136. The quantitative estimate of drug-likeness (QED) is 0.571. The van der Waals surface area contributed by atoms with Crippen LogP contribution in [0.2, 0.25) is 0 Å². The van der Waals surface area contributed by atoms with Gasteiger partial charge in [0.15, 0.2) is 0 Å². The van der Waals surface area contributed by atoms with Crippen LogP contribution < -0.4 is 9.64 Å². The minimum atomic E-state index is -0.109. The van der Waals surface area contributed by atoms with Crippen LogP contribution in [-0.2, 0) is 11.3 Å². The van der Waals surface area contributed by atoms with Crippen LogP contribution in [0.15, 0.2) is 36.5 Å². The Morgan fingerprint density at radius 3 is 2.58 bits per heavy atom. The highest BCUT2D eigenvalue weighted by molar-refractivity contribution is 5.77. The van der Waals surface area contributed by atoms with E-state index in [2.05, 4.69) is 10.1 Å². The summed E-state index contributed by atoms with van der Waals surface area (Å²) in [7, 11) is 5.52. The summed E-state index contributed by atoms with van der Waals surface area (Å²) in [4.78, 5) is 26.8. The molecular weight excluding hydrogens is 416 g/mol. The third-order valence-electron chi connectivity index (χ3n) is 6.13. The fourth-order valence-corrected chi connectivity index (χ4v) is 4.42. The Labute approximate surface area is 195 Å². The summed E-state index contributed by atoms with van der Waals surface area (Å²) in [6.45, 7) is 4.88. The fourth-order valence-electron chi connectivity index (χ4n) is 4.42. The number of nitrogens with zero attached hydrogens (tertiary/aromatic N) is 6. The number of rotatable bonds is 6. The number of benzene rings is 1. The maximum atomic E-state index is 13.5. The molecule has 33 heavy (non-hydrogen) atoms. The van der Waals surface area contributed by atoms with E-state index in [4.69, 9.17) is 9.72 Å². The van der Waals surface area contributed by atoms with Crippen LogP contribution >= 0.6 is 0 Å². The van der Waals surface area contributed by atoms with Crippen LogP contribution in [0.5, 0.6) is 5.75 Å². The lowest BCUT2D eigenvalue weighted by Gasteiger charge is -2.36. The first-order chi connectivity index (χ1) is 15.9. The molecule has 4 rings (SSSR count). The predicted octanol–water partition coefficient (Wildman–Crippen LogP) is 3.79. The smallest absolute Gasteiger partial charge is 0.244 e. The van der Waals surface area contributed by atoms with E-state index >= 15 is 0 Å². The number of methoxy groups -OCH3 is 1. The molecular formula is C25H32N6O2. The molecule has 8 heteroatoms. The number of piperidine rings is 1. The van der Waals surface area contributed by atoms with Crippen LogP contribution in [0.4, 0.5) is 5.95 Å². The SMILES string of the molecule is COc1ccc(-c2cnc(N(C)C)nc2[C@@H]2CCCCN2C(=O)Cn2nc(C)cc2C)cc1. The zero-order valence-electron chi connectivity index (χ0n) is 20.1. The Balaban J connectivity index is 1.72.